The minimum Gasteiger partial charge on any atom is -0.382 e. The summed E-state index contributed by atoms with van der Waals surface area (Å²) in [5.74, 6) is -0.952. The first-order valence-electron chi connectivity index (χ1n) is 8.65. The van der Waals surface area contributed by atoms with Crippen molar-refractivity contribution in [1.29, 1.82) is 0 Å². The third-order valence-electron chi connectivity index (χ3n) is 4.20. The molecule has 6 nitrogen and oxygen atoms in total. The molecule has 0 saturated carbocycles. The van der Waals surface area contributed by atoms with Crippen LogP contribution in [0, 0.1) is 12.7 Å². The Morgan fingerprint density at radius 1 is 1.19 bits per heavy atom. The first kappa shape index (κ1) is 18.6. The lowest BCUT2D eigenvalue weighted by molar-refractivity contribution is -0.131. The van der Waals surface area contributed by atoms with Gasteiger partial charge < -0.3 is 15.5 Å². The molecule has 1 heterocycles. The zero-order valence-electron chi connectivity index (χ0n) is 14.9. The highest BCUT2D eigenvalue weighted by Crippen LogP contribution is 2.19. The fourth-order valence-electron chi connectivity index (χ4n) is 2.74. The molecule has 1 aliphatic heterocycles. The van der Waals surface area contributed by atoms with Gasteiger partial charge in [-0.2, -0.15) is 0 Å². The maximum absolute atomic E-state index is 12.8. The van der Waals surface area contributed by atoms with Gasteiger partial charge in [0.15, 0.2) is 0 Å². The number of hydrogen-bond acceptors (Lipinski definition) is 4. The van der Waals surface area contributed by atoms with Gasteiger partial charge in [0.05, 0.1) is 5.71 Å². The fraction of sp³-hybridized carbons (Fsp3) is 0.250. The van der Waals surface area contributed by atoms with E-state index in [9.17, 15) is 14.0 Å². The summed E-state index contributed by atoms with van der Waals surface area (Å²) in [6.07, 6.45) is -0.209. The van der Waals surface area contributed by atoms with Crippen molar-refractivity contribution in [1.82, 2.24) is 5.32 Å². The summed E-state index contributed by atoms with van der Waals surface area (Å²) in [5, 5.41) is 9.34. The minimum absolute atomic E-state index is 0.0986. The number of nitrogens with zero attached hydrogens (tertiary/aromatic N) is 1. The van der Waals surface area contributed by atoms with Gasteiger partial charge in [-0.25, -0.2) is 4.39 Å². The Bertz CT molecular complexity index is 865. The summed E-state index contributed by atoms with van der Waals surface area (Å²) in [6.45, 7) is 2.15. The Morgan fingerprint density at radius 2 is 1.93 bits per heavy atom. The molecule has 0 fully saturated rings. The summed E-state index contributed by atoms with van der Waals surface area (Å²) in [5.41, 5.74) is 3.27. The standard InChI is InChI=1S/C20H20FN3O3/c1-13-4-2-3-5-16(13)17-12-18(27-24-17)20(26)22-11-10-19(25)23-15-8-6-14(21)7-9-15/h2-9,18H,10-12H2,1H3,(H,22,26)(H,23,25). The number of anilines is 1. The van der Waals surface area contributed by atoms with Crippen LogP contribution in [0.2, 0.25) is 0 Å². The van der Waals surface area contributed by atoms with Gasteiger partial charge in [-0.05, 0) is 36.8 Å². The van der Waals surface area contributed by atoms with Crippen LogP contribution in [-0.4, -0.2) is 30.2 Å². The lowest BCUT2D eigenvalue weighted by atomic mass is 10.0. The summed E-state index contributed by atoms with van der Waals surface area (Å²) >= 11 is 0. The van der Waals surface area contributed by atoms with Crippen LogP contribution in [0.25, 0.3) is 0 Å². The number of hydrogen-bond donors (Lipinski definition) is 2. The molecule has 7 heteroatoms. The molecule has 0 radical (unpaired) electrons. The average molecular weight is 369 g/mol. The molecule has 0 aliphatic carbocycles. The van der Waals surface area contributed by atoms with Crippen LogP contribution in [0.3, 0.4) is 0 Å². The second-order valence-corrected chi connectivity index (χ2v) is 6.25. The molecule has 0 aromatic heterocycles. The van der Waals surface area contributed by atoms with Crippen LogP contribution < -0.4 is 10.6 Å². The quantitative estimate of drug-likeness (QED) is 0.822. The molecule has 140 valence electrons. The molecule has 0 saturated heterocycles. The van der Waals surface area contributed by atoms with E-state index in [1.807, 2.05) is 31.2 Å². The molecule has 3 rings (SSSR count). The van der Waals surface area contributed by atoms with Gasteiger partial charge in [-0.15, -0.1) is 0 Å². The largest absolute Gasteiger partial charge is 0.382 e. The monoisotopic (exact) mass is 369 g/mol. The molecule has 2 N–H and O–H groups in total. The van der Waals surface area contributed by atoms with E-state index in [2.05, 4.69) is 15.8 Å². The summed E-state index contributed by atoms with van der Waals surface area (Å²) < 4.78 is 12.8. The average Bonchev–Trinajstić information content (AvgIpc) is 3.14. The molecule has 1 unspecified atom stereocenters. The Balaban J connectivity index is 1.42. The maximum Gasteiger partial charge on any atom is 0.264 e. The fourth-order valence-corrected chi connectivity index (χ4v) is 2.74. The van der Waals surface area contributed by atoms with Crippen molar-refractivity contribution in [2.45, 2.75) is 25.9 Å². The molecule has 0 bridgehead atoms. The van der Waals surface area contributed by atoms with Gasteiger partial charge in [0.1, 0.15) is 5.82 Å². The molecular formula is C20H20FN3O3. The maximum atomic E-state index is 12.8. The molecule has 2 aromatic rings. The number of amides is 2. The second-order valence-electron chi connectivity index (χ2n) is 6.25. The summed E-state index contributed by atoms with van der Waals surface area (Å²) in [4.78, 5) is 29.3. The number of rotatable bonds is 6. The molecule has 27 heavy (non-hydrogen) atoms. The number of halogens is 1. The van der Waals surface area contributed by atoms with Crippen LogP contribution in [-0.2, 0) is 14.4 Å². The van der Waals surface area contributed by atoms with Gasteiger partial charge in [-0.3, -0.25) is 9.59 Å². The van der Waals surface area contributed by atoms with E-state index in [0.717, 1.165) is 16.8 Å². The Morgan fingerprint density at radius 3 is 2.67 bits per heavy atom. The topological polar surface area (TPSA) is 79.8 Å². The van der Waals surface area contributed by atoms with Crippen molar-refractivity contribution in [3.63, 3.8) is 0 Å². The minimum atomic E-state index is -0.695. The predicted molar refractivity (Wildman–Crippen MR) is 99.9 cm³/mol. The van der Waals surface area contributed by atoms with Gasteiger partial charge in [0.25, 0.3) is 5.91 Å². The highest BCUT2D eigenvalue weighted by molar-refractivity contribution is 6.05. The molecule has 2 amide bonds. The predicted octanol–water partition coefficient (Wildman–Crippen LogP) is 2.77. The lowest BCUT2D eigenvalue weighted by Gasteiger charge is -2.10. The first-order valence-corrected chi connectivity index (χ1v) is 8.65. The highest BCUT2D eigenvalue weighted by atomic mass is 19.1. The second kappa shape index (κ2) is 8.44. The summed E-state index contributed by atoms with van der Waals surface area (Å²) in [7, 11) is 0. The van der Waals surface area contributed by atoms with Crippen molar-refractivity contribution < 1.29 is 18.8 Å². The van der Waals surface area contributed by atoms with Crippen molar-refractivity contribution in [3.05, 3.63) is 65.5 Å². The number of nitrogens with one attached hydrogen (secondary N) is 2. The van der Waals surface area contributed by atoms with Crippen LogP contribution in [0.5, 0.6) is 0 Å². The van der Waals surface area contributed by atoms with E-state index in [1.54, 1.807) is 0 Å². The van der Waals surface area contributed by atoms with E-state index >= 15 is 0 Å². The molecule has 2 aromatic carbocycles. The third kappa shape index (κ3) is 4.91. The molecule has 0 spiro atoms. The van der Waals surface area contributed by atoms with E-state index in [-0.39, 0.29) is 30.6 Å². The van der Waals surface area contributed by atoms with Crippen LogP contribution >= 0.6 is 0 Å². The van der Waals surface area contributed by atoms with E-state index in [0.29, 0.717) is 12.1 Å². The van der Waals surface area contributed by atoms with Crippen molar-refractivity contribution in [2.24, 2.45) is 5.16 Å². The zero-order chi connectivity index (χ0) is 19.2. The molecule has 1 atom stereocenters. The van der Waals surface area contributed by atoms with Crippen molar-refractivity contribution >= 4 is 23.2 Å². The van der Waals surface area contributed by atoms with E-state index < -0.39 is 6.10 Å². The van der Waals surface area contributed by atoms with Gasteiger partial charge in [0.2, 0.25) is 12.0 Å². The van der Waals surface area contributed by atoms with Gasteiger partial charge in [0, 0.05) is 30.6 Å². The third-order valence-corrected chi connectivity index (χ3v) is 4.20. The van der Waals surface area contributed by atoms with Gasteiger partial charge in [-0.1, -0.05) is 29.4 Å². The Kier molecular flexibility index (Phi) is 5.80. The number of oxime groups is 1. The first-order chi connectivity index (χ1) is 13.0. The highest BCUT2D eigenvalue weighted by Gasteiger charge is 2.29. The number of aryl methyl sites for hydroxylation is 1. The van der Waals surface area contributed by atoms with Crippen molar-refractivity contribution in [3.8, 4) is 0 Å². The summed E-state index contributed by atoms with van der Waals surface area (Å²) in [6, 6.07) is 13.3. The Hall–Kier alpha value is -3.22. The normalized spacial score (nSPS) is 15.6. The van der Waals surface area contributed by atoms with Crippen molar-refractivity contribution in [2.75, 3.05) is 11.9 Å². The smallest absolute Gasteiger partial charge is 0.264 e. The number of benzene rings is 2. The van der Waals surface area contributed by atoms with Crippen LogP contribution in [0.1, 0.15) is 24.0 Å². The Labute approximate surface area is 156 Å². The molecular weight excluding hydrogens is 349 g/mol. The number of carbonyl (C=O) groups excluding carboxylic acids is 2. The van der Waals surface area contributed by atoms with Crippen LogP contribution in [0.4, 0.5) is 10.1 Å². The number of carbonyl (C=O) groups is 2. The van der Waals surface area contributed by atoms with Crippen LogP contribution in [0.15, 0.2) is 53.7 Å². The van der Waals surface area contributed by atoms with E-state index in [4.69, 9.17) is 4.84 Å². The lowest BCUT2D eigenvalue weighted by Crippen LogP contribution is -2.36. The zero-order valence-corrected chi connectivity index (χ0v) is 14.9. The van der Waals surface area contributed by atoms with Gasteiger partial charge >= 0.3 is 0 Å². The SMILES string of the molecule is Cc1ccccc1C1=NOC(C(=O)NCCC(=O)Nc2ccc(F)cc2)C1. The molecule has 1 aliphatic rings. The van der Waals surface area contributed by atoms with E-state index in [1.165, 1.54) is 24.3 Å².